The molecule has 7 nitrogen and oxygen atoms in total. The molecule has 0 bridgehead atoms. The highest BCUT2D eigenvalue weighted by molar-refractivity contribution is 7.12. The quantitative estimate of drug-likeness (QED) is 0.796. The number of rotatable bonds is 5. The van der Waals surface area contributed by atoms with Crippen LogP contribution in [0.5, 0.6) is 0 Å². The van der Waals surface area contributed by atoms with E-state index in [1.54, 1.807) is 0 Å². The van der Waals surface area contributed by atoms with Crippen molar-refractivity contribution in [1.29, 1.82) is 0 Å². The van der Waals surface area contributed by atoms with E-state index < -0.39 is 0 Å². The lowest BCUT2D eigenvalue weighted by molar-refractivity contribution is 0.0952. The number of tetrazole rings is 1. The number of carbonyl (C=O) groups excluding carboxylic acids is 1. The van der Waals surface area contributed by atoms with Crippen molar-refractivity contribution in [2.24, 2.45) is 11.7 Å². The normalized spacial score (nSPS) is 12.3. The number of carbonyl (C=O) groups is 1. The van der Waals surface area contributed by atoms with Crippen LogP contribution in [0.1, 0.15) is 16.6 Å². The Morgan fingerprint density at radius 3 is 3.17 bits per heavy atom. The summed E-state index contributed by atoms with van der Waals surface area (Å²) in [5.41, 5.74) is 6.19. The largest absolute Gasteiger partial charge is 0.351 e. The van der Waals surface area contributed by atoms with Crippen LogP contribution < -0.4 is 11.1 Å². The van der Waals surface area contributed by atoms with E-state index in [4.69, 9.17) is 5.73 Å². The van der Waals surface area contributed by atoms with Gasteiger partial charge in [0, 0.05) is 6.54 Å². The topological polar surface area (TPSA) is 98.7 Å². The maximum atomic E-state index is 12.0. The van der Waals surface area contributed by atoms with Crippen LogP contribution in [0.25, 0.3) is 5.69 Å². The van der Waals surface area contributed by atoms with Crippen LogP contribution in [0.15, 0.2) is 17.8 Å². The van der Waals surface area contributed by atoms with Gasteiger partial charge in [0.15, 0.2) is 0 Å². The fraction of sp³-hybridized carbons (Fsp3) is 0.400. The van der Waals surface area contributed by atoms with Crippen molar-refractivity contribution < 1.29 is 4.79 Å². The van der Waals surface area contributed by atoms with Crippen LogP contribution in [0.3, 0.4) is 0 Å². The number of nitrogens with one attached hydrogen (secondary N) is 1. The number of nitrogens with zero attached hydrogens (tertiary/aromatic N) is 4. The van der Waals surface area contributed by atoms with Gasteiger partial charge < -0.3 is 11.1 Å². The molecule has 0 aliphatic heterocycles. The molecule has 8 heteroatoms. The zero-order valence-electron chi connectivity index (χ0n) is 9.91. The van der Waals surface area contributed by atoms with Crippen molar-refractivity contribution in [3.8, 4) is 5.69 Å². The Bertz CT molecular complexity index is 508. The first-order valence-electron chi connectivity index (χ1n) is 5.51. The maximum Gasteiger partial charge on any atom is 0.263 e. The Morgan fingerprint density at radius 1 is 1.67 bits per heavy atom. The molecule has 96 valence electrons. The summed E-state index contributed by atoms with van der Waals surface area (Å²) in [4.78, 5) is 12.6. The smallest absolute Gasteiger partial charge is 0.263 e. The van der Waals surface area contributed by atoms with E-state index in [1.807, 2.05) is 18.4 Å². The summed E-state index contributed by atoms with van der Waals surface area (Å²) in [6.07, 6.45) is 1.46. The Balaban J connectivity index is 2.10. The minimum atomic E-state index is -0.129. The predicted molar refractivity (Wildman–Crippen MR) is 67.6 cm³/mol. The molecule has 1 unspecified atom stereocenters. The molecule has 0 radical (unpaired) electrons. The Labute approximate surface area is 108 Å². The van der Waals surface area contributed by atoms with Crippen molar-refractivity contribution >= 4 is 17.2 Å². The van der Waals surface area contributed by atoms with Gasteiger partial charge in [0.25, 0.3) is 5.91 Å². The van der Waals surface area contributed by atoms with E-state index in [2.05, 4.69) is 20.8 Å². The highest BCUT2D eigenvalue weighted by atomic mass is 32.1. The van der Waals surface area contributed by atoms with Gasteiger partial charge in [0.2, 0.25) is 0 Å². The van der Waals surface area contributed by atoms with Crippen molar-refractivity contribution in [1.82, 2.24) is 25.5 Å². The number of thiophene rings is 1. The third-order valence-corrected chi connectivity index (χ3v) is 3.36. The molecule has 2 aromatic rings. The van der Waals surface area contributed by atoms with Gasteiger partial charge in [0.1, 0.15) is 11.2 Å². The summed E-state index contributed by atoms with van der Waals surface area (Å²) in [5.74, 6) is 0.126. The van der Waals surface area contributed by atoms with Crippen LogP contribution >= 0.6 is 11.3 Å². The van der Waals surface area contributed by atoms with E-state index >= 15 is 0 Å². The third kappa shape index (κ3) is 2.71. The lowest BCUT2D eigenvalue weighted by Gasteiger charge is -2.09. The molecule has 18 heavy (non-hydrogen) atoms. The number of hydrogen-bond acceptors (Lipinski definition) is 6. The summed E-state index contributed by atoms with van der Waals surface area (Å²) < 4.78 is 1.47. The molecule has 0 aliphatic rings. The minimum Gasteiger partial charge on any atom is -0.351 e. The van der Waals surface area contributed by atoms with Gasteiger partial charge in [-0.15, -0.1) is 16.4 Å². The Kier molecular flexibility index (Phi) is 4.00. The van der Waals surface area contributed by atoms with Gasteiger partial charge in [-0.1, -0.05) is 6.92 Å². The SMILES string of the molecule is CC(CN)CNC(=O)c1sccc1-n1cnnn1. The number of hydrogen-bond donors (Lipinski definition) is 2. The number of aromatic nitrogens is 4. The van der Waals surface area contributed by atoms with Crippen LogP contribution in [0, 0.1) is 5.92 Å². The summed E-state index contributed by atoms with van der Waals surface area (Å²) in [6, 6.07) is 1.81. The molecule has 1 amide bonds. The van der Waals surface area contributed by atoms with Gasteiger partial charge in [-0.25, -0.2) is 0 Å². The Hall–Kier alpha value is -1.80. The first kappa shape index (κ1) is 12.7. The van der Waals surface area contributed by atoms with Crippen LogP contribution in [0.4, 0.5) is 0 Å². The monoisotopic (exact) mass is 266 g/mol. The second-order valence-electron chi connectivity index (χ2n) is 3.94. The molecule has 0 saturated heterocycles. The van der Waals surface area contributed by atoms with Crippen LogP contribution in [-0.2, 0) is 0 Å². The molecule has 2 heterocycles. The molecular weight excluding hydrogens is 252 g/mol. The maximum absolute atomic E-state index is 12.0. The summed E-state index contributed by atoms with van der Waals surface area (Å²) in [5, 5.41) is 15.6. The molecule has 0 aliphatic carbocycles. The van der Waals surface area contributed by atoms with E-state index in [0.29, 0.717) is 23.7 Å². The average Bonchev–Trinajstić information content (AvgIpc) is 3.04. The molecular formula is C10H14N6OS. The predicted octanol–water partition coefficient (Wildman–Crippen LogP) is 0.0484. The lowest BCUT2D eigenvalue weighted by atomic mass is 10.2. The summed E-state index contributed by atoms with van der Waals surface area (Å²) in [6.45, 7) is 3.09. The van der Waals surface area contributed by atoms with E-state index in [1.165, 1.54) is 22.3 Å². The number of amides is 1. The van der Waals surface area contributed by atoms with E-state index in [0.717, 1.165) is 0 Å². The van der Waals surface area contributed by atoms with Gasteiger partial charge in [0.05, 0.1) is 5.69 Å². The lowest BCUT2D eigenvalue weighted by Crippen LogP contribution is -2.31. The molecule has 3 N–H and O–H groups in total. The molecule has 2 rings (SSSR count). The van der Waals surface area contributed by atoms with E-state index in [9.17, 15) is 4.79 Å². The van der Waals surface area contributed by atoms with E-state index in [-0.39, 0.29) is 11.8 Å². The second-order valence-corrected chi connectivity index (χ2v) is 4.86. The highest BCUT2D eigenvalue weighted by Crippen LogP contribution is 2.19. The fourth-order valence-electron chi connectivity index (χ4n) is 1.36. The van der Waals surface area contributed by atoms with Crippen molar-refractivity contribution in [2.75, 3.05) is 13.1 Å². The first-order valence-corrected chi connectivity index (χ1v) is 6.39. The second kappa shape index (κ2) is 5.69. The van der Waals surface area contributed by atoms with Gasteiger partial charge in [-0.3, -0.25) is 4.79 Å². The summed E-state index contributed by atoms with van der Waals surface area (Å²) >= 11 is 1.36. The van der Waals surface area contributed by atoms with Gasteiger partial charge >= 0.3 is 0 Å². The molecule has 0 fully saturated rings. The Morgan fingerprint density at radius 2 is 2.50 bits per heavy atom. The van der Waals surface area contributed by atoms with Gasteiger partial charge in [-0.05, 0) is 34.3 Å². The van der Waals surface area contributed by atoms with Crippen molar-refractivity contribution in [2.45, 2.75) is 6.92 Å². The standard InChI is InChI=1S/C10H14N6OS/c1-7(4-11)5-12-10(17)9-8(2-3-18-9)16-6-13-14-15-16/h2-3,6-7H,4-5,11H2,1H3,(H,12,17). The molecule has 2 aromatic heterocycles. The van der Waals surface area contributed by atoms with Crippen molar-refractivity contribution in [3.63, 3.8) is 0 Å². The summed E-state index contributed by atoms with van der Waals surface area (Å²) in [7, 11) is 0. The zero-order valence-corrected chi connectivity index (χ0v) is 10.7. The molecule has 0 aromatic carbocycles. The number of nitrogens with two attached hydrogens (primary N) is 1. The molecule has 0 spiro atoms. The van der Waals surface area contributed by atoms with Gasteiger partial charge in [-0.2, -0.15) is 4.68 Å². The van der Waals surface area contributed by atoms with Crippen molar-refractivity contribution in [3.05, 3.63) is 22.7 Å². The highest BCUT2D eigenvalue weighted by Gasteiger charge is 2.15. The molecule has 1 atom stereocenters. The average molecular weight is 266 g/mol. The first-order chi connectivity index (χ1) is 8.72. The third-order valence-electron chi connectivity index (χ3n) is 2.46. The molecule has 0 saturated carbocycles. The van der Waals surface area contributed by atoms with Crippen LogP contribution in [0.2, 0.25) is 0 Å². The minimum absolute atomic E-state index is 0.129. The fourth-order valence-corrected chi connectivity index (χ4v) is 2.15. The zero-order chi connectivity index (χ0) is 13.0. The van der Waals surface area contributed by atoms with Crippen LogP contribution in [-0.4, -0.2) is 39.2 Å².